The third kappa shape index (κ3) is 1.84. The van der Waals surface area contributed by atoms with Crippen LogP contribution in [-0.4, -0.2) is 11.5 Å². The first kappa shape index (κ1) is 10.8. The minimum absolute atomic E-state index is 0.153. The predicted molar refractivity (Wildman–Crippen MR) is 67.4 cm³/mol. The standard InChI is InChI=1S/C14H17FN2/c15-10-2-4-14-12(8-10)11-7-9(5-6-16)1-3-13(11)17-14/h2,4,8-9,17H,1,3,5-7,16H2. The lowest BCUT2D eigenvalue weighted by Crippen LogP contribution is -2.17. The molecule has 1 aromatic heterocycles. The summed E-state index contributed by atoms with van der Waals surface area (Å²) in [5.41, 5.74) is 9.28. The molecular weight excluding hydrogens is 215 g/mol. The zero-order valence-corrected chi connectivity index (χ0v) is 9.80. The quantitative estimate of drug-likeness (QED) is 0.821. The number of hydrogen-bond donors (Lipinski definition) is 2. The Morgan fingerprint density at radius 1 is 1.41 bits per heavy atom. The molecule has 17 heavy (non-hydrogen) atoms. The first-order valence-corrected chi connectivity index (χ1v) is 6.27. The van der Waals surface area contributed by atoms with E-state index in [1.165, 1.54) is 23.7 Å². The van der Waals surface area contributed by atoms with E-state index >= 15 is 0 Å². The van der Waals surface area contributed by atoms with Crippen molar-refractivity contribution in [2.24, 2.45) is 11.7 Å². The van der Waals surface area contributed by atoms with Crippen molar-refractivity contribution >= 4 is 10.9 Å². The third-order valence-electron chi connectivity index (χ3n) is 3.83. The Morgan fingerprint density at radius 3 is 3.12 bits per heavy atom. The highest BCUT2D eigenvalue weighted by atomic mass is 19.1. The summed E-state index contributed by atoms with van der Waals surface area (Å²) < 4.78 is 13.3. The van der Waals surface area contributed by atoms with E-state index in [0.717, 1.165) is 36.7 Å². The second-order valence-corrected chi connectivity index (χ2v) is 4.96. The number of halogens is 1. The second kappa shape index (κ2) is 4.15. The molecule has 1 aliphatic rings. The van der Waals surface area contributed by atoms with Gasteiger partial charge in [0.15, 0.2) is 0 Å². The molecule has 1 atom stereocenters. The van der Waals surface area contributed by atoms with E-state index < -0.39 is 0 Å². The summed E-state index contributed by atoms with van der Waals surface area (Å²) in [6.45, 7) is 0.747. The van der Waals surface area contributed by atoms with Gasteiger partial charge in [-0.15, -0.1) is 0 Å². The maximum Gasteiger partial charge on any atom is 0.123 e. The van der Waals surface area contributed by atoms with Gasteiger partial charge in [0.25, 0.3) is 0 Å². The molecule has 0 radical (unpaired) electrons. The summed E-state index contributed by atoms with van der Waals surface area (Å²) >= 11 is 0. The molecular formula is C14H17FN2. The van der Waals surface area contributed by atoms with Crippen LogP contribution < -0.4 is 5.73 Å². The number of benzene rings is 1. The number of H-pyrrole nitrogens is 1. The lowest BCUT2D eigenvalue weighted by Gasteiger charge is -2.21. The molecule has 1 heterocycles. The number of rotatable bonds is 2. The molecule has 0 fully saturated rings. The number of nitrogens with two attached hydrogens (primary N) is 1. The summed E-state index contributed by atoms with van der Waals surface area (Å²) in [6, 6.07) is 5.00. The first-order chi connectivity index (χ1) is 8.28. The van der Waals surface area contributed by atoms with Gasteiger partial charge in [0.2, 0.25) is 0 Å². The van der Waals surface area contributed by atoms with E-state index in [2.05, 4.69) is 4.98 Å². The SMILES string of the molecule is NCCC1CCc2[nH]c3ccc(F)cc3c2C1. The fourth-order valence-electron chi connectivity index (χ4n) is 2.94. The van der Waals surface area contributed by atoms with E-state index in [-0.39, 0.29) is 5.82 Å². The topological polar surface area (TPSA) is 41.8 Å². The number of nitrogens with one attached hydrogen (secondary N) is 1. The molecule has 0 aliphatic heterocycles. The Labute approximate surface area is 100 Å². The van der Waals surface area contributed by atoms with Gasteiger partial charge in [0, 0.05) is 16.6 Å². The maximum atomic E-state index is 13.3. The van der Waals surface area contributed by atoms with Gasteiger partial charge >= 0.3 is 0 Å². The Kier molecular flexibility index (Phi) is 2.63. The highest BCUT2D eigenvalue weighted by Crippen LogP contribution is 2.33. The fourth-order valence-corrected chi connectivity index (χ4v) is 2.94. The number of aryl methyl sites for hydroxylation is 1. The number of fused-ring (bicyclic) bond motifs is 3. The van der Waals surface area contributed by atoms with E-state index in [4.69, 9.17) is 5.73 Å². The van der Waals surface area contributed by atoms with E-state index in [1.807, 2.05) is 6.07 Å². The van der Waals surface area contributed by atoms with Crippen molar-refractivity contribution in [1.29, 1.82) is 0 Å². The van der Waals surface area contributed by atoms with Crippen LogP contribution in [0.4, 0.5) is 4.39 Å². The van der Waals surface area contributed by atoms with Crippen LogP contribution in [0.5, 0.6) is 0 Å². The summed E-state index contributed by atoms with van der Waals surface area (Å²) in [7, 11) is 0. The summed E-state index contributed by atoms with van der Waals surface area (Å²) in [6.07, 6.45) is 4.37. The molecule has 1 unspecified atom stereocenters. The zero-order valence-electron chi connectivity index (χ0n) is 9.80. The fraction of sp³-hybridized carbons (Fsp3) is 0.429. The second-order valence-electron chi connectivity index (χ2n) is 4.96. The van der Waals surface area contributed by atoms with Crippen LogP contribution >= 0.6 is 0 Å². The van der Waals surface area contributed by atoms with Gasteiger partial charge in [-0.2, -0.15) is 0 Å². The highest BCUT2D eigenvalue weighted by Gasteiger charge is 2.22. The average molecular weight is 232 g/mol. The average Bonchev–Trinajstić information content (AvgIpc) is 2.67. The van der Waals surface area contributed by atoms with Crippen LogP contribution in [0.3, 0.4) is 0 Å². The van der Waals surface area contributed by atoms with Crippen LogP contribution in [-0.2, 0) is 12.8 Å². The summed E-state index contributed by atoms with van der Waals surface area (Å²) in [5, 5.41) is 1.06. The van der Waals surface area contributed by atoms with Crippen molar-refractivity contribution in [3.8, 4) is 0 Å². The van der Waals surface area contributed by atoms with Crippen molar-refractivity contribution < 1.29 is 4.39 Å². The maximum absolute atomic E-state index is 13.3. The molecule has 0 saturated heterocycles. The lowest BCUT2D eigenvalue weighted by atomic mass is 9.84. The van der Waals surface area contributed by atoms with Crippen molar-refractivity contribution in [3.05, 3.63) is 35.3 Å². The van der Waals surface area contributed by atoms with Crippen LogP contribution in [0, 0.1) is 11.7 Å². The molecule has 1 aromatic carbocycles. The normalized spacial score (nSPS) is 19.5. The molecule has 0 amide bonds. The molecule has 2 nitrogen and oxygen atoms in total. The highest BCUT2D eigenvalue weighted by molar-refractivity contribution is 5.85. The minimum Gasteiger partial charge on any atom is -0.358 e. The largest absolute Gasteiger partial charge is 0.358 e. The van der Waals surface area contributed by atoms with Crippen LogP contribution in [0.25, 0.3) is 10.9 Å². The van der Waals surface area contributed by atoms with Gasteiger partial charge in [-0.05, 0) is 61.9 Å². The third-order valence-corrected chi connectivity index (χ3v) is 3.83. The molecule has 3 heteroatoms. The molecule has 0 spiro atoms. The zero-order chi connectivity index (χ0) is 11.8. The van der Waals surface area contributed by atoms with E-state index in [1.54, 1.807) is 6.07 Å². The van der Waals surface area contributed by atoms with Crippen molar-refractivity contribution in [3.63, 3.8) is 0 Å². The first-order valence-electron chi connectivity index (χ1n) is 6.27. The molecule has 90 valence electrons. The number of aromatic nitrogens is 1. The molecule has 3 rings (SSSR count). The van der Waals surface area contributed by atoms with Crippen molar-refractivity contribution in [1.82, 2.24) is 4.98 Å². The predicted octanol–water partition coefficient (Wildman–Crippen LogP) is 2.76. The van der Waals surface area contributed by atoms with Crippen molar-refractivity contribution in [2.75, 3.05) is 6.54 Å². The molecule has 1 aliphatic carbocycles. The minimum atomic E-state index is -0.153. The molecule has 2 aromatic rings. The van der Waals surface area contributed by atoms with E-state index in [0.29, 0.717) is 5.92 Å². The summed E-state index contributed by atoms with van der Waals surface area (Å²) in [5.74, 6) is 0.509. The lowest BCUT2D eigenvalue weighted by molar-refractivity contribution is 0.432. The van der Waals surface area contributed by atoms with Gasteiger partial charge in [-0.1, -0.05) is 0 Å². The Hall–Kier alpha value is -1.35. The van der Waals surface area contributed by atoms with Gasteiger partial charge in [0.1, 0.15) is 5.82 Å². The molecule has 0 bridgehead atoms. The van der Waals surface area contributed by atoms with Crippen LogP contribution in [0.1, 0.15) is 24.1 Å². The molecule has 3 N–H and O–H groups in total. The van der Waals surface area contributed by atoms with Gasteiger partial charge < -0.3 is 10.7 Å². The van der Waals surface area contributed by atoms with Gasteiger partial charge in [-0.3, -0.25) is 0 Å². The Balaban J connectivity index is 2.04. The Morgan fingerprint density at radius 2 is 2.29 bits per heavy atom. The Bertz CT molecular complexity index is 544. The summed E-state index contributed by atoms with van der Waals surface area (Å²) in [4.78, 5) is 3.41. The van der Waals surface area contributed by atoms with E-state index in [9.17, 15) is 4.39 Å². The monoisotopic (exact) mass is 232 g/mol. The van der Waals surface area contributed by atoms with Gasteiger partial charge in [0.05, 0.1) is 0 Å². The van der Waals surface area contributed by atoms with Crippen molar-refractivity contribution in [2.45, 2.75) is 25.7 Å². The smallest absolute Gasteiger partial charge is 0.123 e. The van der Waals surface area contributed by atoms with Crippen LogP contribution in [0.2, 0.25) is 0 Å². The number of aromatic amines is 1. The van der Waals surface area contributed by atoms with Gasteiger partial charge in [-0.25, -0.2) is 4.39 Å². The van der Waals surface area contributed by atoms with Crippen LogP contribution in [0.15, 0.2) is 18.2 Å². The number of hydrogen-bond acceptors (Lipinski definition) is 1. The molecule has 0 saturated carbocycles.